The summed E-state index contributed by atoms with van der Waals surface area (Å²) < 4.78 is 0. The zero-order valence-electron chi connectivity index (χ0n) is 12.4. The predicted octanol–water partition coefficient (Wildman–Crippen LogP) is 4.53. The molecule has 2 aromatic carbocycles. The Labute approximate surface area is 122 Å². The standard InChI is InChI=1S/C19H23N/c1-14-4-3-5-16(12-14)7-8-17-9-11-19-18(13-17)10-6-15(2)20-19/h3-5,9,11-13,15,20H,6-8,10H2,1-2H3. The Balaban J connectivity index is 1.69. The third-order valence-electron chi connectivity index (χ3n) is 4.20. The first-order chi connectivity index (χ1) is 9.70. The normalized spacial score (nSPS) is 17.4. The maximum absolute atomic E-state index is 3.57. The molecule has 1 atom stereocenters. The van der Waals surface area contributed by atoms with Crippen LogP contribution in [-0.2, 0) is 19.3 Å². The fourth-order valence-corrected chi connectivity index (χ4v) is 3.02. The second-order valence-electron chi connectivity index (χ2n) is 6.06. The Morgan fingerprint density at radius 1 is 1.05 bits per heavy atom. The molecule has 0 saturated heterocycles. The second kappa shape index (κ2) is 5.70. The molecule has 0 fully saturated rings. The summed E-state index contributed by atoms with van der Waals surface area (Å²) in [4.78, 5) is 0. The van der Waals surface area contributed by atoms with Crippen molar-refractivity contribution in [1.29, 1.82) is 0 Å². The number of benzene rings is 2. The molecule has 0 saturated carbocycles. The molecule has 104 valence electrons. The Morgan fingerprint density at radius 3 is 2.65 bits per heavy atom. The van der Waals surface area contributed by atoms with Gasteiger partial charge in [-0.1, -0.05) is 42.0 Å². The maximum atomic E-state index is 3.57. The van der Waals surface area contributed by atoms with Gasteiger partial charge in [0.25, 0.3) is 0 Å². The molecule has 0 spiro atoms. The second-order valence-corrected chi connectivity index (χ2v) is 6.06. The number of hydrogen-bond donors (Lipinski definition) is 1. The van der Waals surface area contributed by atoms with Gasteiger partial charge in [0.2, 0.25) is 0 Å². The van der Waals surface area contributed by atoms with E-state index in [1.807, 2.05) is 0 Å². The van der Waals surface area contributed by atoms with Gasteiger partial charge in [0.15, 0.2) is 0 Å². The maximum Gasteiger partial charge on any atom is 0.0374 e. The molecule has 1 nitrogen and oxygen atoms in total. The van der Waals surface area contributed by atoms with Gasteiger partial charge in [0.05, 0.1) is 0 Å². The van der Waals surface area contributed by atoms with Gasteiger partial charge < -0.3 is 5.32 Å². The molecule has 0 aromatic heterocycles. The van der Waals surface area contributed by atoms with Gasteiger partial charge in [0, 0.05) is 11.7 Å². The minimum atomic E-state index is 0.612. The molecule has 0 radical (unpaired) electrons. The lowest BCUT2D eigenvalue weighted by molar-refractivity contribution is 0.680. The van der Waals surface area contributed by atoms with E-state index in [-0.39, 0.29) is 0 Å². The van der Waals surface area contributed by atoms with E-state index in [0.717, 1.165) is 12.8 Å². The largest absolute Gasteiger partial charge is 0.382 e. The highest BCUT2D eigenvalue weighted by Gasteiger charge is 2.13. The van der Waals surface area contributed by atoms with Crippen LogP contribution in [0.15, 0.2) is 42.5 Å². The van der Waals surface area contributed by atoms with Crippen LogP contribution in [0.2, 0.25) is 0 Å². The number of hydrogen-bond acceptors (Lipinski definition) is 1. The number of nitrogens with one attached hydrogen (secondary N) is 1. The molecule has 0 aliphatic carbocycles. The van der Waals surface area contributed by atoms with E-state index >= 15 is 0 Å². The molecule has 0 bridgehead atoms. The van der Waals surface area contributed by atoms with E-state index in [0.29, 0.717) is 6.04 Å². The zero-order chi connectivity index (χ0) is 13.9. The molecule has 1 N–H and O–H groups in total. The highest BCUT2D eigenvalue weighted by Crippen LogP contribution is 2.26. The summed E-state index contributed by atoms with van der Waals surface area (Å²) in [5, 5.41) is 3.57. The van der Waals surface area contributed by atoms with E-state index in [1.54, 1.807) is 0 Å². The summed E-state index contributed by atoms with van der Waals surface area (Å²) in [6.07, 6.45) is 4.71. The topological polar surface area (TPSA) is 12.0 Å². The van der Waals surface area contributed by atoms with Crippen molar-refractivity contribution >= 4 is 5.69 Å². The van der Waals surface area contributed by atoms with Crippen LogP contribution in [0, 0.1) is 6.92 Å². The van der Waals surface area contributed by atoms with E-state index in [2.05, 4.69) is 61.6 Å². The molecule has 1 heteroatoms. The van der Waals surface area contributed by atoms with Crippen molar-refractivity contribution in [3.63, 3.8) is 0 Å². The van der Waals surface area contributed by atoms with Crippen molar-refractivity contribution < 1.29 is 0 Å². The van der Waals surface area contributed by atoms with Gasteiger partial charge in [0.1, 0.15) is 0 Å². The van der Waals surface area contributed by atoms with Crippen molar-refractivity contribution in [3.05, 3.63) is 64.7 Å². The average Bonchev–Trinajstić information content (AvgIpc) is 2.45. The molecule has 1 aliphatic heterocycles. The lowest BCUT2D eigenvalue weighted by atomic mass is 9.95. The van der Waals surface area contributed by atoms with Gasteiger partial charge in [-0.05, 0) is 62.3 Å². The van der Waals surface area contributed by atoms with Crippen LogP contribution in [0.3, 0.4) is 0 Å². The highest BCUT2D eigenvalue weighted by molar-refractivity contribution is 5.55. The average molecular weight is 265 g/mol. The van der Waals surface area contributed by atoms with Gasteiger partial charge >= 0.3 is 0 Å². The minimum absolute atomic E-state index is 0.612. The molecule has 2 aromatic rings. The van der Waals surface area contributed by atoms with Crippen LogP contribution in [0.1, 0.15) is 35.6 Å². The summed E-state index contributed by atoms with van der Waals surface area (Å²) in [6.45, 7) is 4.42. The van der Waals surface area contributed by atoms with Crippen LogP contribution in [-0.4, -0.2) is 6.04 Å². The number of fused-ring (bicyclic) bond motifs is 1. The van der Waals surface area contributed by atoms with Gasteiger partial charge in [-0.25, -0.2) is 0 Å². The fraction of sp³-hybridized carbons (Fsp3) is 0.368. The van der Waals surface area contributed by atoms with Crippen LogP contribution in [0.25, 0.3) is 0 Å². The van der Waals surface area contributed by atoms with Crippen LogP contribution in [0.4, 0.5) is 5.69 Å². The van der Waals surface area contributed by atoms with Crippen LogP contribution < -0.4 is 5.32 Å². The molecular formula is C19H23N. The smallest absolute Gasteiger partial charge is 0.0374 e. The van der Waals surface area contributed by atoms with Crippen molar-refractivity contribution in [2.24, 2.45) is 0 Å². The van der Waals surface area contributed by atoms with Crippen molar-refractivity contribution in [2.45, 2.75) is 45.6 Å². The minimum Gasteiger partial charge on any atom is -0.382 e. The third kappa shape index (κ3) is 3.04. The van der Waals surface area contributed by atoms with Crippen molar-refractivity contribution in [1.82, 2.24) is 0 Å². The summed E-state index contributed by atoms with van der Waals surface area (Å²) >= 11 is 0. The summed E-state index contributed by atoms with van der Waals surface area (Å²) in [5.74, 6) is 0. The van der Waals surface area contributed by atoms with Gasteiger partial charge in [-0.2, -0.15) is 0 Å². The van der Waals surface area contributed by atoms with Crippen LogP contribution in [0.5, 0.6) is 0 Å². The predicted molar refractivity (Wildman–Crippen MR) is 86.4 cm³/mol. The quantitative estimate of drug-likeness (QED) is 0.860. The number of aryl methyl sites for hydroxylation is 4. The third-order valence-corrected chi connectivity index (χ3v) is 4.20. The molecule has 20 heavy (non-hydrogen) atoms. The Kier molecular flexibility index (Phi) is 3.77. The van der Waals surface area contributed by atoms with Crippen molar-refractivity contribution in [2.75, 3.05) is 5.32 Å². The summed E-state index contributed by atoms with van der Waals surface area (Å²) in [7, 11) is 0. The zero-order valence-corrected chi connectivity index (χ0v) is 12.4. The number of anilines is 1. The van der Waals surface area contributed by atoms with Gasteiger partial charge in [-0.3, -0.25) is 0 Å². The van der Waals surface area contributed by atoms with Gasteiger partial charge in [-0.15, -0.1) is 0 Å². The van der Waals surface area contributed by atoms with E-state index < -0.39 is 0 Å². The van der Waals surface area contributed by atoms with E-state index in [4.69, 9.17) is 0 Å². The Morgan fingerprint density at radius 2 is 1.85 bits per heavy atom. The molecular weight excluding hydrogens is 242 g/mol. The molecule has 1 heterocycles. The molecule has 3 rings (SSSR count). The first-order valence-electron chi connectivity index (χ1n) is 7.64. The van der Waals surface area contributed by atoms with E-state index in [1.165, 1.54) is 40.8 Å². The SMILES string of the molecule is Cc1cccc(CCc2ccc3c(c2)CCC(C)N3)c1. The Bertz CT molecular complexity index is 600. The highest BCUT2D eigenvalue weighted by atomic mass is 14.9. The summed E-state index contributed by atoms with van der Waals surface area (Å²) in [5.41, 5.74) is 7.08. The molecule has 1 aliphatic rings. The van der Waals surface area contributed by atoms with Crippen LogP contribution >= 0.6 is 0 Å². The Hall–Kier alpha value is -1.76. The fourth-order valence-electron chi connectivity index (χ4n) is 3.02. The molecule has 0 amide bonds. The van der Waals surface area contributed by atoms with E-state index in [9.17, 15) is 0 Å². The monoisotopic (exact) mass is 265 g/mol. The molecule has 1 unspecified atom stereocenters. The number of rotatable bonds is 3. The van der Waals surface area contributed by atoms with Crippen molar-refractivity contribution in [3.8, 4) is 0 Å². The lowest BCUT2D eigenvalue weighted by Crippen LogP contribution is -2.21. The lowest BCUT2D eigenvalue weighted by Gasteiger charge is -2.24. The first kappa shape index (κ1) is 13.2. The first-order valence-corrected chi connectivity index (χ1v) is 7.64. The summed E-state index contributed by atoms with van der Waals surface area (Å²) in [6, 6.07) is 16.4.